The van der Waals surface area contributed by atoms with Gasteiger partial charge in [0.25, 0.3) is 0 Å². The molecular weight excluding hydrogens is 370 g/mol. The Morgan fingerprint density at radius 3 is 2.22 bits per heavy atom. The van der Waals surface area contributed by atoms with Gasteiger partial charge in [-0.3, -0.25) is 24.1 Å². The van der Waals surface area contributed by atoms with Crippen LogP contribution in [0.4, 0.5) is 0 Å². The molecule has 142 valence electrons. The van der Waals surface area contributed by atoms with Gasteiger partial charge in [0.2, 0.25) is 11.8 Å². The van der Waals surface area contributed by atoms with Gasteiger partial charge in [0, 0.05) is 17.1 Å². The summed E-state index contributed by atoms with van der Waals surface area (Å²) in [4.78, 5) is 50.3. The van der Waals surface area contributed by atoms with Crippen LogP contribution in [0.3, 0.4) is 0 Å². The minimum absolute atomic E-state index is 0.0259. The second kappa shape index (κ2) is 7.08. The van der Waals surface area contributed by atoms with Gasteiger partial charge in [-0.15, -0.1) is 0 Å². The molecular formula is C20H20ClNO5. The van der Waals surface area contributed by atoms with Crippen molar-refractivity contribution in [2.45, 2.75) is 25.7 Å². The number of amides is 2. The lowest BCUT2D eigenvalue weighted by Crippen LogP contribution is -2.35. The van der Waals surface area contributed by atoms with E-state index in [9.17, 15) is 19.2 Å². The zero-order valence-electron chi connectivity index (χ0n) is 14.7. The number of carbonyl (C=O) groups excluding carboxylic acids is 4. The topological polar surface area (TPSA) is 80.8 Å². The maximum Gasteiger partial charge on any atom is 0.308 e. The minimum atomic E-state index is -0.599. The van der Waals surface area contributed by atoms with Gasteiger partial charge in [-0.2, -0.15) is 0 Å². The van der Waals surface area contributed by atoms with Crippen molar-refractivity contribution in [2.24, 2.45) is 23.7 Å². The van der Waals surface area contributed by atoms with E-state index in [2.05, 4.69) is 0 Å². The fourth-order valence-electron chi connectivity index (χ4n) is 4.83. The van der Waals surface area contributed by atoms with E-state index in [1.54, 1.807) is 24.3 Å². The molecule has 3 aliphatic rings. The highest BCUT2D eigenvalue weighted by Crippen LogP contribution is 2.56. The number of nitrogens with zero attached hydrogens (tertiary/aromatic N) is 1. The molecule has 1 aromatic rings. The van der Waals surface area contributed by atoms with Gasteiger partial charge in [-0.25, -0.2) is 0 Å². The summed E-state index contributed by atoms with van der Waals surface area (Å²) in [7, 11) is 0. The Balaban J connectivity index is 1.27. The molecule has 2 aliphatic carbocycles. The number of fused-ring (bicyclic) bond motifs is 5. The molecule has 2 saturated carbocycles. The first-order valence-corrected chi connectivity index (χ1v) is 9.63. The van der Waals surface area contributed by atoms with Crippen molar-refractivity contribution in [3.8, 4) is 0 Å². The van der Waals surface area contributed by atoms with Crippen LogP contribution in [-0.4, -0.2) is 41.6 Å². The molecule has 1 aliphatic heterocycles. The van der Waals surface area contributed by atoms with Gasteiger partial charge in [0.15, 0.2) is 12.4 Å². The number of rotatable bonds is 6. The lowest BCUT2D eigenvalue weighted by atomic mass is 9.81. The molecule has 1 saturated heterocycles. The SMILES string of the molecule is O=C(CCN1C(=O)[C@H]2[C@H]3CC[C@@H](C3)[C@@H]2C1=O)OCC(=O)c1ccc(Cl)cc1. The van der Waals surface area contributed by atoms with Crippen LogP contribution in [-0.2, 0) is 19.1 Å². The number of Topliss-reactive ketones (excluding diaryl/α,β-unsaturated/α-hetero) is 1. The number of halogens is 1. The molecule has 0 aromatic heterocycles. The quantitative estimate of drug-likeness (QED) is 0.424. The summed E-state index contributed by atoms with van der Waals surface area (Å²) in [5.74, 6) is -0.921. The van der Waals surface area contributed by atoms with Crippen molar-refractivity contribution < 1.29 is 23.9 Å². The number of esters is 1. The summed E-state index contributed by atoms with van der Waals surface area (Å²) in [5.41, 5.74) is 0.403. The van der Waals surface area contributed by atoms with E-state index in [-0.39, 0.29) is 49.0 Å². The van der Waals surface area contributed by atoms with E-state index >= 15 is 0 Å². The number of carbonyl (C=O) groups is 4. The third kappa shape index (κ3) is 3.27. The lowest BCUT2D eigenvalue weighted by molar-refractivity contribution is -0.145. The van der Waals surface area contributed by atoms with Gasteiger partial charge in [-0.1, -0.05) is 11.6 Å². The number of imide groups is 1. The Hall–Kier alpha value is -2.21. The van der Waals surface area contributed by atoms with Crippen LogP contribution >= 0.6 is 11.6 Å². The van der Waals surface area contributed by atoms with Crippen molar-refractivity contribution in [3.63, 3.8) is 0 Å². The van der Waals surface area contributed by atoms with E-state index in [4.69, 9.17) is 16.3 Å². The van der Waals surface area contributed by atoms with Crippen LogP contribution in [0.1, 0.15) is 36.0 Å². The summed E-state index contributed by atoms with van der Waals surface area (Å²) < 4.78 is 5.00. The van der Waals surface area contributed by atoms with E-state index in [1.165, 1.54) is 4.90 Å². The Kier molecular flexibility index (Phi) is 4.76. The molecule has 1 heterocycles. The van der Waals surface area contributed by atoms with Crippen molar-refractivity contribution in [3.05, 3.63) is 34.9 Å². The number of hydrogen-bond donors (Lipinski definition) is 0. The molecule has 0 unspecified atom stereocenters. The summed E-state index contributed by atoms with van der Waals surface area (Å²) >= 11 is 5.77. The standard InChI is InChI=1S/C20H20ClNO5/c21-14-5-3-11(4-6-14)15(23)10-27-16(24)7-8-22-19(25)17-12-1-2-13(9-12)18(17)20(22)26/h3-6,12-13,17-18H,1-2,7-10H2/t12-,13-,17-,18-/m0/s1. The van der Waals surface area contributed by atoms with Crippen LogP contribution < -0.4 is 0 Å². The van der Waals surface area contributed by atoms with Crippen LogP contribution in [0.15, 0.2) is 24.3 Å². The van der Waals surface area contributed by atoms with E-state index in [0.29, 0.717) is 22.4 Å². The summed E-state index contributed by atoms with van der Waals surface area (Å²) in [6.45, 7) is -0.351. The molecule has 2 amide bonds. The average Bonchev–Trinajstić information content (AvgIpc) is 3.33. The number of benzene rings is 1. The normalized spacial score (nSPS) is 28.6. The highest BCUT2D eigenvalue weighted by Gasteiger charge is 2.60. The summed E-state index contributed by atoms with van der Waals surface area (Å²) in [5, 5.41) is 0.515. The zero-order chi connectivity index (χ0) is 19.1. The molecule has 1 aromatic carbocycles. The fourth-order valence-corrected chi connectivity index (χ4v) is 4.96. The van der Waals surface area contributed by atoms with Gasteiger partial charge < -0.3 is 4.74 Å². The van der Waals surface area contributed by atoms with Crippen LogP contribution in [0.2, 0.25) is 5.02 Å². The molecule has 0 radical (unpaired) electrons. The smallest absolute Gasteiger partial charge is 0.308 e. The van der Waals surface area contributed by atoms with Gasteiger partial charge in [-0.05, 0) is 55.4 Å². The highest BCUT2D eigenvalue weighted by molar-refractivity contribution is 6.30. The predicted molar refractivity (Wildman–Crippen MR) is 95.9 cm³/mol. The first-order valence-electron chi connectivity index (χ1n) is 9.25. The molecule has 27 heavy (non-hydrogen) atoms. The first kappa shape index (κ1) is 18.2. The molecule has 0 N–H and O–H groups in total. The molecule has 4 atom stereocenters. The summed E-state index contributed by atoms with van der Waals surface area (Å²) in [6, 6.07) is 6.30. The number of ketones is 1. The Morgan fingerprint density at radius 1 is 1.04 bits per heavy atom. The lowest BCUT2D eigenvalue weighted by Gasteiger charge is -2.19. The van der Waals surface area contributed by atoms with Crippen LogP contribution in [0.5, 0.6) is 0 Å². The second-order valence-electron chi connectivity index (χ2n) is 7.55. The van der Waals surface area contributed by atoms with Crippen molar-refractivity contribution in [1.82, 2.24) is 4.90 Å². The average molecular weight is 390 g/mol. The van der Waals surface area contributed by atoms with Crippen molar-refractivity contribution >= 4 is 35.2 Å². The molecule has 3 fully saturated rings. The van der Waals surface area contributed by atoms with E-state index in [1.807, 2.05) is 0 Å². The maximum absolute atomic E-state index is 12.6. The third-order valence-electron chi connectivity index (χ3n) is 6.09. The molecule has 7 heteroatoms. The van der Waals surface area contributed by atoms with Crippen molar-refractivity contribution in [2.75, 3.05) is 13.2 Å². The predicted octanol–water partition coefficient (Wildman–Crippen LogP) is 2.49. The summed E-state index contributed by atoms with van der Waals surface area (Å²) in [6.07, 6.45) is 2.93. The molecule has 2 bridgehead atoms. The number of likely N-dealkylation sites (tertiary alicyclic amines) is 1. The number of ether oxygens (including phenoxy) is 1. The van der Waals surface area contributed by atoms with Gasteiger partial charge in [0.1, 0.15) is 0 Å². The van der Waals surface area contributed by atoms with Crippen LogP contribution in [0, 0.1) is 23.7 Å². The second-order valence-corrected chi connectivity index (χ2v) is 7.99. The molecule has 0 spiro atoms. The minimum Gasteiger partial charge on any atom is -0.457 e. The third-order valence-corrected chi connectivity index (χ3v) is 6.34. The van der Waals surface area contributed by atoms with E-state index < -0.39 is 5.97 Å². The Morgan fingerprint density at radius 2 is 1.63 bits per heavy atom. The fraction of sp³-hybridized carbons (Fsp3) is 0.500. The van der Waals surface area contributed by atoms with E-state index in [0.717, 1.165) is 19.3 Å². The molecule has 6 nitrogen and oxygen atoms in total. The van der Waals surface area contributed by atoms with Gasteiger partial charge in [0.05, 0.1) is 18.3 Å². The largest absolute Gasteiger partial charge is 0.457 e. The number of hydrogen-bond acceptors (Lipinski definition) is 5. The van der Waals surface area contributed by atoms with Crippen molar-refractivity contribution in [1.29, 1.82) is 0 Å². The van der Waals surface area contributed by atoms with Crippen LogP contribution in [0.25, 0.3) is 0 Å². The first-order chi connectivity index (χ1) is 13.0. The van der Waals surface area contributed by atoms with Gasteiger partial charge >= 0.3 is 5.97 Å². The monoisotopic (exact) mass is 389 g/mol. The highest BCUT2D eigenvalue weighted by atomic mass is 35.5. The zero-order valence-corrected chi connectivity index (χ0v) is 15.5. The maximum atomic E-state index is 12.6. The Labute approximate surface area is 161 Å². The Bertz CT molecular complexity index is 777. The molecule has 4 rings (SSSR count).